The Morgan fingerprint density at radius 1 is 1.00 bits per heavy atom. The van der Waals surface area contributed by atoms with E-state index in [9.17, 15) is 4.79 Å². The van der Waals surface area contributed by atoms with Crippen molar-refractivity contribution in [2.24, 2.45) is 0 Å². The van der Waals surface area contributed by atoms with Gasteiger partial charge in [0.05, 0.1) is 17.8 Å². The molecule has 4 rings (SSSR count). The molecule has 0 saturated heterocycles. The highest BCUT2D eigenvalue weighted by Gasteiger charge is 2.18. The zero-order valence-electron chi connectivity index (χ0n) is 15.5. The summed E-state index contributed by atoms with van der Waals surface area (Å²) in [5.74, 6) is 0.940. The Morgan fingerprint density at radius 2 is 1.79 bits per heavy atom. The zero-order valence-corrected chi connectivity index (χ0v) is 16.2. The number of rotatable bonds is 7. The van der Waals surface area contributed by atoms with Crippen molar-refractivity contribution < 1.29 is 9.21 Å². The van der Waals surface area contributed by atoms with Gasteiger partial charge in [0.2, 0.25) is 11.7 Å². The highest BCUT2D eigenvalue weighted by Crippen LogP contribution is 2.23. The fourth-order valence-electron chi connectivity index (χ4n) is 2.91. The summed E-state index contributed by atoms with van der Waals surface area (Å²) in [6.07, 6.45) is 1.59. The van der Waals surface area contributed by atoms with Crippen LogP contribution in [0.4, 0.5) is 0 Å². The standard InChI is InChI=1S/C21H18ClN5O2/c22-19-11-5-4-10-18(19)21-23-25-27(24-21)15-20(28)26(14-17-9-6-12-29-17)13-16-7-2-1-3-8-16/h1-12H,13-15H2. The monoisotopic (exact) mass is 407 g/mol. The average molecular weight is 408 g/mol. The molecule has 0 aliphatic rings. The Labute approximate surface area is 172 Å². The van der Waals surface area contributed by atoms with Crippen LogP contribution in [0, 0.1) is 0 Å². The molecule has 0 saturated carbocycles. The summed E-state index contributed by atoms with van der Waals surface area (Å²) in [5.41, 5.74) is 1.69. The fraction of sp³-hybridized carbons (Fsp3) is 0.143. The Morgan fingerprint density at radius 3 is 2.55 bits per heavy atom. The van der Waals surface area contributed by atoms with E-state index in [1.165, 1.54) is 4.80 Å². The molecule has 0 unspecified atom stereocenters. The Balaban J connectivity index is 1.51. The molecule has 146 valence electrons. The van der Waals surface area contributed by atoms with Crippen LogP contribution in [0.5, 0.6) is 0 Å². The third-order valence-corrected chi connectivity index (χ3v) is 4.67. The van der Waals surface area contributed by atoms with Crippen LogP contribution in [0.25, 0.3) is 11.4 Å². The highest BCUT2D eigenvalue weighted by molar-refractivity contribution is 6.33. The smallest absolute Gasteiger partial charge is 0.246 e. The Kier molecular flexibility index (Phi) is 5.67. The van der Waals surface area contributed by atoms with Crippen LogP contribution in [0.2, 0.25) is 5.02 Å². The molecule has 0 bridgehead atoms. The predicted molar refractivity (Wildman–Crippen MR) is 108 cm³/mol. The third-order valence-electron chi connectivity index (χ3n) is 4.34. The van der Waals surface area contributed by atoms with Gasteiger partial charge in [-0.15, -0.1) is 10.2 Å². The van der Waals surface area contributed by atoms with Crippen molar-refractivity contribution in [2.75, 3.05) is 0 Å². The SMILES string of the molecule is O=C(Cn1nnc(-c2ccccc2Cl)n1)N(Cc1ccccc1)Cc1ccco1. The van der Waals surface area contributed by atoms with Crippen LogP contribution < -0.4 is 0 Å². The lowest BCUT2D eigenvalue weighted by molar-refractivity contribution is -0.133. The number of hydrogen-bond donors (Lipinski definition) is 0. The van der Waals surface area contributed by atoms with Crippen LogP contribution in [0.1, 0.15) is 11.3 Å². The van der Waals surface area contributed by atoms with Gasteiger partial charge in [0.25, 0.3) is 0 Å². The second kappa shape index (κ2) is 8.70. The summed E-state index contributed by atoms with van der Waals surface area (Å²) in [6.45, 7) is 0.768. The molecule has 7 nitrogen and oxygen atoms in total. The van der Waals surface area contributed by atoms with Gasteiger partial charge in [-0.25, -0.2) is 0 Å². The largest absolute Gasteiger partial charge is 0.467 e. The summed E-state index contributed by atoms with van der Waals surface area (Å²) in [4.78, 5) is 16.0. The van der Waals surface area contributed by atoms with Crippen molar-refractivity contribution in [2.45, 2.75) is 19.6 Å². The molecule has 0 radical (unpaired) electrons. The van der Waals surface area contributed by atoms with Crippen molar-refractivity contribution in [3.8, 4) is 11.4 Å². The quantitative estimate of drug-likeness (QED) is 0.465. The van der Waals surface area contributed by atoms with E-state index in [0.29, 0.717) is 35.3 Å². The lowest BCUT2D eigenvalue weighted by Crippen LogP contribution is -2.33. The Bertz CT molecular complexity index is 1080. The van der Waals surface area contributed by atoms with Crippen molar-refractivity contribution in [3.63, 3.8) is 0 Å². The first kappa shape index (κ1) is 18.9. The van der Waals surface area contributed by atoms with Crippen molar-refractivity contribution in [1.29, 1.82) is 0 Å². The maximum atomic E-state index is 13.0. The molecule has 2 heterocycles. The number of aromatic nitrogens is 4. The first-order valence-corrected chi connectivity index (χ1v) is 9.43. The molecule has 0 spiro atoms. The molecule has 1 amide bonds. The topological polar surface area (TPSA) is 77.1 Å². The number of halogens is 1. The molecule has 0 aliphatic heterocycles. The first-order chi connectivity index (χ1) is 14.2. The van der Waals surface area contributed by atoms with Crippen LogP contribution >= 0.6 is 11.6 Å². The van der Waals surface area contributed by atoms with Gasteiger partial charge >= 0.3 is 0 Å². The number of amides is 1. The maximum Gasteiger partial charge on any atom is 0.246 e. The molecule has 0 aliphatic carbocycles. The van der Waals surface area contributed by atoms with E-state index >= 15 is 0 Å². The summed E-state index contributed by atoms with van der Waals surface area (Å²) >= 11 is 6.19. The third kappa shape index (κ3) is 4.70. The highest BCUT2D eigenvalue weighted by atomic mass is 35.5. The summed E-state index contributed by atoms with van der Waals surface area (Å²) < 4.78 is 5.42. The summed E-state index contributed by atoms with van der Waals surface area (Å²) in [5, 5.41) is 12.9. The first-order valence-electron chi connectivity index (χ1n) is 9.06. The molecule has 8 heteroatoms. The van der Waals surface area contributed by atoms with E-state index in [1.54, 1.807) is 23.3 Å². The molecule has 2 aromatic heterocycles. The second-order valence-electron chi connectivity index (χ2n) is 6.44. The lowest BCUT2D eigenvalue weighted by atomic mass is 10.2. The Hall–Kier alpha value is -3.45. The minimum absolute atomic E-state index is 0.0367. The van der Waals surface area contributed by atoms with Gasteiger partial charge in [0.15, 0.2) is 0 Å². The molecule has 0 N–H and O–H groups in total. The molecule has 2 aromatic carbocycles. The normalized spacial score (nSPS) is 10.8. The zero-order chi connectivity index (χ0) is 20.1. The minimum Gasteiger partial charge on any atom is -0.467 e. The molecule has 4 aromatic rings. The van der Waals surface area contributed by atoms with Gasteiger partial charge in [-0.3, -0.25) is 4.79 Å². The van der Waals surface area contributed by atoms with Crippen LogP contribution in [0.15, 0.2) is 77.4 Å². The summed E-state index contributed by atoms with van der Waals surface area (Å²) in [6, 6.07) is 20.7. The summed E-state index contributed by atoms with van der Waals surface area (Å²) in [7, 11) is 0. The average Bonchev–Trinajstić information content (AvgIpc) is 3.41. The van der Waals surface area contributed by atoms with Crippen LogP contribution in [0.3, 0.4) is 0 Å². The molecule has 0 atom stereocenters. The van der Waals surface area contributed by atoms with E-state index < -0.39 is 0 Å². The number of benzene rings is 2. The second-order valence-corrected chi connectivity index (χ2v) is 6.85. The van der Waals surface area contributed by atoms with Crippen molar-refractivity contribution in [1.82, 2.24) is 25.1 Å². The van der Waals surface area contributed by atoms with Gasteiger partial charge < -0.3 is 9.32 Å². The molecule has 0 fully saturated rings. The van der Waals surface area contributed by atoms with E-state index in [-0.39, 0.29) is 12.5 Å². The van der Waals surface area contributed by atoms with Gasteiger partial charge in [0, 0.05) is 12.1 Å². The van der Waals surface area contributed by atoms with E-state index in [4.69, 9.17) is 16.0 Å². The predicted octanol–water partition coefficient (Wildman–Crippen LogP) is 3.82. The molecular formula is C21H18ClN5O2. The molecule has 29 heavy (non-hydrogen) atoms. The number of nitrogens with zero attached hydrogens (tertiary/aromatic N) is 5. The lowest BCUT2D eigenvalue weighted by Gasteiger charge is -2.21. The molecular weight excluding hydrogens is 390 g/mol. The number of hydrogen-bond acceptors (Lipinski definition) is 5. The number of carbonyl (C=O) groups excluding carboxylic acids is 1. The van der Waals surface area contributed by atoms with Gasteiger partial charge in [0.1, 0.15) is 12.3 Å². The van der Waals surface area contributed by atoms with E-state index in [2.05, 4.69) is 15.4 Å². The van der Waals surface area contributed by atoms with Gasteiger partial charge in [-0.05, 0) is 35.0 Å². The maximum absolute atomic E-state index is 13.0. The number of furan rings is 1. The van der Waals surface area contributed by atoms with Crippen LogP contribution in [-0.4, -0.2) is 31.0 Å². The minimum atomic E-state index is -0.145. The van der Waals surface area contributed by atoms with Crippen molar-refractivity contribution >= 4 is 17.5 Å². The van der Waals surface area contributed by atoms with Crippen LogP contribution in [-0.2, 0) is 24.4 Å². The van der Waals surface area contributed by atoms with Crippen molar-refractivity contribution in [3.05, 3.63) is 89.3 Å². The number of carbonyl (C=O) groups is 1. The van der Waals surface area contributed by atoms with Gasteiger partial charge in [-0.2, -0.15) is 4.80 Å². The fourth-order valence-corrected chi connectivity index (χ4v) is 3.13. The van der Waals surface area contributed by atoms with E-state index in [1.807, 2.05) is 54.6 Å². The van der Waals surface area contributed by atoms with E-state index in [0.717, 1.165) is 5.56 Å². The number of tetrazole rings is 1. The van der Waals surface area contributed by atoms with Gasteiger partial charge in [-0.1, -0.05) is 54.1 Å².